The molecule has 0 unspecified atom stereocenters. The highest BCUT2D eigenvalue weighted by molar-refractivity contribution is 7.90. The minimum absolute atomic E-state index is 0.0229. The van der Waals surface area contributed by atoms with Gasteiger partial charge in [0.2, 0.25) is 5.88 Å². The number of aromatic nitrogens is 2. The lowest BCUT2D eigenvalue weighted by molar-refractivity contribution is 0.0977. The first kappa shape index (κ1) is 24.2. The maximum absolute atomic E-state index is 13.0. The van der Waals surface area contributed by atoms with Crippen LogP contribution < -0.4 is 15.2 Å². The van der Waals surface area contributed by atoms with Crippen molar-refractivity contribution in [3.05, 3.63) is 70.7 Å². The molecule has 1 amide bonds. The monoisotopic (exact) mass is 468 g/mol. The van der Waals surface area contributed by atoms with Crippen molar-refractivity contribution >= 4 is 21.6 Å². The Bertz CT molecular complexity index is 1310. The molecule has 0 aliphatic carbocycles. The van der Waals surface area contributed by atoms with Gasteiger partial charge in [-0.15, -0.1) is 0 Å². The number of anilines is 1. The van der Waals surface area contributed by atoms with Crippen LogP contribution in [0.4, 0.5) is 5.69 Å². The van der Waals surface area contributed by atoms with E-state index in [1.807, 2.05) is 53.7 Å². The van der Waals surface area contributed by atoms with E-state index in [1.54, 1.807) is 6.07 Å². The Hall–Kier alpha value is -3.46. The van der Waals surface area contributed by atoms with Crippen LogP contribution in [0.3, 0.4) is 0 Å². The van der Waals surface area contributed by atoms with E-state index in [4.69, 9.17) is 10.5 Å². The van der Waals surface area contributed by atoms with Crippen molar-refractivity contribution in [1.82, 2.24) is 14.7 Å². The van der Waals surface area contributed by atoms with Crippen LogP contribution in [0.5, 0.6) is 11.6 Å². The van der Waals surface area contributed by atoms with Crippen molar-refractivity contribution in [3.63, 3.8) is 0 Å². The lowest BCUT2D eigenvalue weighted by atomic mass is 9.95. The molecule has 0 aliphatic rings. The van der Waals surface area contributed by atoms with Gasteiger partial charge in [-0.1, -0.05) is 44.5 Å². The number of hydrogen-bond acceptors (Lipinski definition) is 7. The summed E-state index contributed by atoms with van der Waals surface area (Å²) in [7, 11) is -4.17. The van der Waals surface area contributed by atoms with Crippen LogP contribution in [0.15, 0.2) is 47.5 Å². The SMILES string of the molecule is Cc1cc(C)c(Oc2nc(C(C)(C)C)ncc2C(=O)NS(=O)(=O)c2cccc(N)c2)c(C)c1. The van der Waals surface area contributed by atoms with Crippen molar-refractivity contribution < 1.29 is 17.9 Å². The van der Waals surface area contributed by atoms with E-state index in [2.05, 4.69) is 14.7 Å². The molecule has 0 spiro atoms. The second-order valence-electron chi connectivity index (χ2n) is 9.00. The fourth-order valence-electron chi connectivity index (χ4n) is 3.30. The van der Waals surface area contributed by atoms with Gasteiger partial charge in [0.05, 0.1) is 4.90 Å². The van der Waals surface area contributed by atoms with Gasteiger partial charge >= 0.3 is 0 Å². The Morgan fingerprint density at radius 2 is 1.70 bits per heavy atom. The van der Waals surface area contributed by atoms with Crippen molar-refractivity contribution in [2.24, 2.45) is 0 Å². The highest BCUT2D eigenvalue weighted by Gasteiger charge is 2.26. The van der Waals surface area contributed by atoms with Gasteiger partial charge in [0.1, 0.15) is 17.1 Å². The van der Waals surface area contributed by atoms with Gasteiger partial charge in [-0.3, -0.25) is 4.79 Å². The Labute approximate surface area is 194 Å². The molecule has 174 valence electrons. The van der Waals surface area contributed by atoms with E-state index in [0.717, 1.165) is 16.7 Å². The number of aryl methyl sites for hydroxylation is 3. The topological polar surface area (TPSA) is 124 Å². The van der Waals surface area contributed by atoms with Crippen molar-refractivity contribution in [1.29, 1.82) is 0 Å². The highest BCUT2D eigenvalue weighted by Crippen LogP contribution is 2.32. The lowest BCUT2D eigenvalue weighted by Gasteiger charge is -2.20. The number of nitrogens with two attached hydrogens (primary N) is 1. The molecule has 2 aromatic carbocycles. The van der Waals surface area contributed by atoms with Gasteiger partial charge in [0, 0.05) is 17.3 Å². The van der Waals surface area contributed by atoms with Crippen LogP contribution in [-0.2, 0) is 15.4 Å². The summed E-state index contributed by atoms with van der Waals surface area (Å²) in [4.78, 5) is 21.7. The first-order chi connectivity index (χ1) is 15.3. The second-order valence-corrected chi connectivity index (χ2v) is 10.7. The standard InChI is InChI=1S/C24H28N4O4S/c1-14-10-15(2)20(16(3)11-14)32-22-19(13-26-23(27-22)24(4,5)6)21(29)28-33(30,31)18-9-7-8-17(25)12-18/h7-13H,25H2,1-6H3,(H,28,29). The molecule has 33 heavy (non-hydrogen) atoms. The number of hydrogen-bond donors (Lipinski definition) is 2. The van der Waals surface area contributed by atoms with E-state index < -0.39 is 21.3 Å². The summed E-state index contributed by atoms with van der Waals surface area (Å²) in [6, 6.07) is 9.58. The average molecular weight is 469 g/mol. The van der Waals surface area contributed by atoms with Crippen LogP contribution in [-0.4, -0.2) is 24.3 Å². The summed E-state index contributed by atoms with van der Waals surface area (Å²) >= 11 is 0. The molecule has 0 saturated heterocycles. The molecule has 3 aromatic rings. The third-order valence-electron chi connectivity index (χ3n) is 4.87. The van der Waals surface area contributed by atoms with Crippen molar-refractivity contribution in [2.75, 3.05) is 5.73 Å². The Morgan fingerprint density at radius 1 is 1.06 bits per heavy atom. The molecule has 9 heteroatoms. The third-order valence-corrected chi connectivity index (χ3v) is 6.20. The first-order valence-corrected chi connectivity index (χ1v) is 11.8. The molecular weight excluding hydrogens is 440 g/mol. The minimum Gasteiger partial charge on any atom is -0.437 e. The van der Waals surface area contributed by atoms with Gasteiger partial charge in [-0.05, 0) is 50.1 Å². The number of ether oxygens (including phenoxy) is 1. The third kappa shape index (κ3) is 5.48. The number of amides is 1. The smallest absolute Gasteiger partial charge is 0.272 e. The van der Waals surface area contributed by atoms with Gasteiger partial charge in [-0.25, -0.2) is 18.1 Å². The molecule has 1 aromatic heterocycles. The number of nitrogen functional groups attached to an aromatic ring is 1. The summed E-state index contributed by atoms with van der Waals surface area (Å²) < 4.78 is 33.6. The van der Waals surface area contributed by atoms with Crippen LogP contribution in [0.2, 0.25) is 0 Å². The second kappa shape index (κ2) is 8.82. The maximum atomic E-state index is 13.0. The molecule has 1 heterocycles. The van der Waals surface area contributed by atoms with Crippen LogP contribution in [0.25, 0.3) is 0 Å². The molecule has 0 radical (unpaired) electrons. The lowest BCUT2D eigenvalue weighted by Crippen LogP contribution is -2.31. The quantitative estimate of drug-likeness (QED) is 0.538. The number of nitrogens with one attached hydrogen (secondary N) is 1. The number of nitrogens with zero attached hydrogens (tertiary/aromatic N) is 2. The highest BCUT2D eigenvalue weighted by atomic mass is 32.2. The van der Waals surface area contributed by atoms with Crippen LogP contribution >= 0.6 is 0 Å². The Balaban J connectivity index is 2.05. The zero-order valence-corrected chi connectivity index (χ0v) is 20.4. The normalized spacial score (nSPS) is 11.8. The first-order valence-electron chi connectivity index (χ1n) is 10.3. The molecule has 3 rings (SSSR count). The number of benzene rings is 2. The molecule has 0 aliphatic heterocycles. The predicted molar refractivity (Wildman–Crippen MR) is 127 cm³/mol. The molecule has 8 nitrogen and oxygen atoms in total. The molecule has 3 N–H and O–H groups in total. The maximum Gasteiger partial charge on any atom is 0.272 e. The minimum atomic E-state index is -4.17. The Morgan fingerprint density at radius 3 is 2.27 bits per heavy atom. The Kier molecular flexibility index (Phi) is 6.46. The summed E-state index contributed by atoms with van der Waals surface area (Å²) in [5.41, 5.74) is 8.22. The number of rotatable bonds is 5. The van der Waals surface area contributed by atoms with Crippen molar-refractivity contribution in [2.45, 2.75) is 51.9 Å². The summed E-state index contributed by atoms with van der Waals surface area (Å²) in [5, 5.41) is 0. The largest absolute Gasteiger partial charge is 0.437 e. The van der Waals surface area contributed by atoms with E-state index in [1.165, 1.54) is 24.4 Å². The van der Waals surface area contributed by atoms with Crippen LogP contribution in [0.1, 0.15) is 53.6 Å². The summed E-state index contributed by atoms with van der Waals surface area (Å²) in [6.45, 7) is 11.6. The fraction of sp³-hybridized carbons (Fsp3) is 0.292. The predicted octanol–water partition coefficient (Wildman–Crippen LogP) is 4.19. The summed E-state index contributed by atoms with van der Waals surface area (Å²) in [6.07, 6.45) is 1.28. The van der Waals surface area contributed by atoms with E-state index >= 15 is 0 Å². The van der Waals surface area contributed by atoms with E-state index in [-0.39, 0.29) is 22.0 Å². The molecule has 0 fully saturated rings. The van der Waals surface area contributed by atoms with Crippen molar-refractivity contribution in [3.8, 4) is 11.6 Å². The fourth-order valence-corrected chi connectivity index (χ4v) is 4.32. The molecule has 0 saturated carbocycles. The zero-order valence-electron chi connectivity index (χ0n) is 19.6. The van der Waals surface area contributed by atoms with E-state index in [0.29, 0.717) is 11.6 Å². The van der Waals surface area contributed by atoms with E-state index in [9.17, 15) is 13.2 Å². The summed E-state index contributed by atoms with van der Waals surface area (Å²) in [5.74, 6) is 0.0719. The van der Waals surface area contributed by atoms with Gasteiger partial charge < -0.3 is 10.5 Å². The molecular formula is C24H28N4O4S. The number of carbonyl (C=O) groups is 1. The molecule has 0 atom stereocenters. The zero-order chi connectivity index (χ0) is 24.6. The van der Waals surface area contributed by atoms with Gasteiger partial charge in [0.15, 0.2) is 0 Å². The molecule has 0 bridgehead atoms. The number of carbonyl (C=O) groups excluding carboxylic acids is 1. The van der Waals surface area contributed by atoms with Crippen LogP contribution in [0, 0.1) is 20.8 Å². The van der Waals surface area contributed by atoms with Gasteiger partial charge in [0.25, 0.3) is 15.9 Å². The van der Waals surface area contributed by atoms with Gasteiger partial charge in [-0.2, -0.15) is 4.98 Å². The number of sulfonamides is 1. The average Bonchev–Trinajstić information content (AvgIpc) is 2.69.